The molecule has 1 fully saturated rings. The van der Waals surface area contributed by atoms with E-state index in [0.717, 1.165) is 32.1 Å². The second-order valence-corrected chi connectivity index (χ2v) is 10.4. The molecule has 1 heterocycles. The molecular weight excluding hydrogens is 536 g/mol. The number of ether oxygens (including phenoxy) is 5. The molecule has 0 saturated carbocycles. The Morgan fingerprint density at radius 2 is 1.54 bits per heavy atom. The summed E-state index contributed by atoms with van der Waals surface area (Å²) in [4.78, 5) is 63.8. The van der Waals surface area contributed by atoms with Crippen molar-refractivity contribution in [2.75, 3.05) is 13.2 Å². The Hall–Kier alpha value is -2.99. The van der Waals surface area contributed by atoms with Crippen LogP contribution >= 0.6 is 0 Å². The minimum absolute atomic E-state index is 0.00870. The molecule has 41 heavy (non-hydrogen) atoms. The van der Waals surface area contributed by atoms with Crippen molar-refractivity contribution < 1.29 is 47.7 Å². The highest BCUT2D eigenvalue weighted by molar-refractivity contribution is 5.87. The number of carbonyl (C=O) groups is 5. The third kappa shape index (κ3) is 12.2. The summed E-state index contributed by atoms with van der Waals surface area (Å²) < 4.78 is 28.0. The maximum absolute atomic E-state index is 13.9. The summed E-state index contributed by atoms with van der Waals surface area (Å²) in [6.07, 6.45) is 1.89. The van der Waals surface area contributed by atoms with Gasteiger partial charge in [-0.2, -0.15) is 0 Å². The zero-order valence-electron chi connectivity index (χ0n) is 25.5. The molecule has 0 aliphatic carbocycles. The standard InChI is InChI=1S/C29H48N2O10/c1-9-11-12-13-14-15-23(31(18(3)4)19(5)32)28(36)30-25-27(40-22(8)35)26(39-21(7)34)24(17-38-20(6)33)41-29(25)37-16-10-2/h10,18,23-27,29H,2,9,11-17H2,1,3-8H3,(H,30,36)/t23?,24-,25-,26-,27-,29-/m1/s1. The number of unbranched alkanes of at least 4 members (excludes halogenated alkanes) is 4. The highest BCUT2D eigenvalue weighted by Crippen LogP contribution is 2.28. The van der Waals surface area contributed by atoms with Crippen LogP contribution in [0.5, 0.6) is 0 Å². The van der Waals surface area contributed by atoms with Gasteiger partial charge in [-0.05, 0) is 20.3 Å². The van der Waals surface area contributed by atoms with Crippen molar-refractivity contribution in [2.24, 2.45) is 0 Å². The number of carbonyl (C=O) groups excluding carboxylic acids is 5. The van der Waals surface area contributed by atoms with E-state index in [1.165, 1.54) is 38.7 Å². The van der Waals surface area contributed by atoms with Crippen molar-refractivity contribution in [3.63, 3.8) is 0 Å². The monoisotopic (exact) mass is 584 g/mol. The van der Waals surface area contributed by atoms with Gasteiger partial charge in [0.15, 0.2) is 18.5 Å². The molecular formula is C29H48N2O10. The van der Waals surface area contributed by atoms with Crippen molar-refractivity contribution in [3.8, 4) is 0 Å². The first-order valence-electron chi connectivity index (χ1n) is 14.3. The number of nitrogens with one attached hydrogen (secondary N) is 1. The second kappa shape index (κ2) is 18.4. The summed E-state index contributed by atoms with van der Waals surface area (Å²) in [5.74, 6) is -2.77. The predicted molar refractivity (Wildman–Crippen MR) is 149 cm³/mol. The molecule has 0 bridgehead atoms. The van der Waals surface area contributed by atoms with E-state index < -0.39 is 60.5 Å². The molecule has 1 saturated heterocycles. The van der Waals surface area contributed by atoms with E-state index in [4.69, 9.17) is 23.7 Å². The van der Waals surface area contributed by atoms with Crippen LogP contribution < -0.4 is 5.32 Å². The van der Waals surface area contributed by atoms with Gasteiger partial charge >= 0.3 is 17.9 Å². The van der Waals surface area contributed by atoms with E-state index in [0.29, 0.717) is 6.42 Å². The summed E-state index contributed by atoms with van der Waals surface area (Å²) in [6, 6.07) is -2.23. The van der Waals surface area contributed by atoms with E-state index in [-0.39, 0.29) is 25.2 Å². The van der Waals surface area contributed by atoms with Crippen LogP contribution in [0, 0.1) is 0 Å². The lowest BCUT2D eigenvalue weighted by Gasteiger charge is -2.45. The van der Waals surface area contributed by atoms with Crippen molar-refractivity contribution in [3.05, 3.63) is 12.7 Å². The maximum Gasteiger partial charge on any atom is 0.303 e. The first-order valence-corrected chi connectivity index (χ1v) is 14.3. The second-order valence-electron chi connectivity index (χ2n) is 10.4. The molecule has 0 spiro atoms. The molecule has 1 N–H and O–H groups in total. The molecule has 6 atom stereocenters. The molecule has 0 aromatic carbocycles. The zero-order chi connectivity index (χ0) is 31.1. The van der Waals surface area contributed by atoms with Gasteiger partial charge in [-0.25, -0.2) is 0 Å². The lowest BCUT2D eigenvalue weighted by molar-refractivity contribution is -0.275. The fourth-order valence-corrected chi connectivity index (χ4v) is 4.90. The van der Waals surface area contributed by atoms with E-state index >= 15 is 0 Å². The van der Waals surface area contributed by atoms with Crippen LogP contribution in [0.25, 0.3) is 0 Å². The van der Waals surface area contributed by atoms with Crippen LogP contribution in [0.2, 0.25) is 0 Å². The highest BCUT2D eigenvalue weighted by atomic mass is 16.7. The Morgan fingerprint density at radius 3 is 2.05 bits per heavy atom. The van der Waals surface area contributed by atoms with Crippen molar-refractivity contribution in [1.29, 1.82) is 0 Å². The van der Waals surface area contributed by atoms with Gasteiger partial charge < -0.3 is 33.9 Å². The normalized spacial score (nSPS) is 22.8. The van der Waals surface area contributed by atoms with E-state index in [2.05, 4.69) is 18.8 Å². The Morgan fingerprint density at radius 1 is 0.927 bits per heavy atom. The Labute approximate surface area is 243 Å². The van der Waals surface area contributed by atoms with Crippen LogP contribution in [0.1, 0.15) is 87.0 Å². The van der Waals surface area contributed by atoms with E-state index in [9.17, 15) is 24.0 Å². The Balaban J connectivity index is 3.47. The fraction of sp³-hybridized carbons (Fsp3) is 0.759. The van der Waals surface area contributed by atoms with Crippen LogP contribution in [0.15, 0.2) is 12.7 Å². The number of nitrogens with zero attached hydrogens (tertiary/aromatic N) is 1. The van der Waals surface area contributed by atoms with Gasteiger partial charge in [0, 0.05) is 33.7 Å². The number of hydrogen-bond donors (Lipinski definition) is 1. The van der Waals surface area contributed by atoms with E-state index in [1.54, 1.807) is 0 Å². The summed E-state index contributed by atoms with van der Waals surface area (Å²) in [7, 11) is 0. The largest absolute Gasteiger partial charge is 0.463 e. The molecule has 2 amide bonds. The quantitative estimate of drug-likeness (QED) is 0.117. The van der Waals surface area contributed by atoms with Crippen LogP contribution in [-0.4, -0.2) is 90.6 Å². The van der Waals surface area contributed by atoms with Gasteiger partial charge in [0.25, 0.3) is 0 Å². The molecule has 234 valence electrons. The zero-order valence-corrected chi connectivity index (χ0v) is 25.5. The molecule has 1 rings (SSSR count). The molecule has 1 aliphatic heterocycles. The van der Waals surface area contributed by atoms with Crippen LogP contribution in [-0.2, 0) is 47.7 Å². The molecule has 1 aliphatic rings. The summed E-state index contributed by atoms with van der Waals surface area (Å²) in [5, 5.41) is 2.87. The molecule has 12 nitrogen and oxygen atoms in total. The van der Waals surface area contributed by atoms with Crippen LogP contribution in [0.3, 0.4) is 0 Å². The number of hydrogen-bond acceptors (Lipinski definition) is 10. The minimum atomic E-state index is -1.26. The average Bonchev–Trinajstić information content (AvgIpc) is 2.87. The maximum atomic E-state index is 13.9. The Kier molecular flexibility index (Phi) is 16.2. The lowest BCUT2D eigenvalue weighted by Crippen LogP contribution is -2.68. The van der Waals surface area contributed by atoms with Crippen molar-refractivity contribution in [2.45, 2.75) is 130 Å². The van der Waals surface area contributed by atoms with Crippen molar-refractivity contribution >= 4 is 29.7 Å². The van der Waals surface area contributed by atoms with Gasteiger partial charge in [0.1, 0.15) is 24.8 Å². The van der Waals surface area contributed by atoms with Gasteiger partial charge in [-0.15, -0.1) is 6.58 Å². The van der Waals surface area contributed by atoms with E-state index in [1.807, 2.05) is 13.8 Å². The first-order chi connectivity index (χ1) is 19.3. The molecule has 0 aromatic rings. The number of rotatable bonds is 17. The minimum Gasteiger partial charge on any atom is -0.463 e. The van der Waals surface area contributed by atoms with Crippen molar-refractivity contribution in [1.82, 2.24) is 10.2 Å². The van der Waals surface area contributed by atoms with Gasteiger partial charge in [0.2, 0.25) is 11.8 Å². The molecule has 0 aromatic heterocycles. The fourth-order valence-electron chi connectivity index (χ4n) is 4.90. The first kappa shape index (κ1) is 36.0. The molecule has 1 unspecified atom stereocenters. The number of amides is 2. The topological polar surface area (TPSA) is 147 Å². The van der Waals surface area contributed by atoms with Gasteiger partial charge in [-0.3, -0.25) is 24.0 Å². The smallest absolute Gasteiger partial charge is 0.303 e. The third-order valence-corrected chi connectivity index (χ3v) is 6.53. The van der Waals surface area contributed by atoms with Gasteiger partial charge in [0.05, 0.1) is 6.61 Å². The number of esters is 3. The highest BCUT2D eigenvalue weighted by Gasteiger charge is 2.52. The summed E-state index contributed by atoms with van der Waals surface area (Å²) >= 11 is 0. The third-order valence-electron chi connectivity index (χ3n) is 6.53. The molecule has 12 heteroatoms. The predicted octanol–water partition coefficient (Wildman–Crippen LogP) is 2.81. The summed E-state index contributed by atoms with van der Waals surface area (Å²) in [5.41, 5.74) is 0. The SMILES string of the molecule is C=CCO[C@@H]1O[C@H](COC(C)=O)[C@@H](OC(C)=O)[C@H](OC(C)=O)[C@H]1NC(=O)C(CCCCCCC)N(C(C)=O)C(C)C. The molecule has 0 radical (unpaired) electrons. The van der Waals surface area contributed by atoms with Gasteiger partial charge in [-0.1, -0.05) is 45.1 Å². The summed E-state index contributed by atoms with van der Waals surface area (Å²) in [6.45, 7) is 14.1. The van der Waals surface area contributed by atoms with Crippen LogP contribution in [0.4, 0.5) is 0 Å². The lowest BCUT2D eigenvalue weighted by atomic mass is 9.95. The Bertz CT molecular complexity index is 893. The average molecular weight is 585 g/mol.